The van der Waals surface area contributed by atoms with Gasteiger partial charge in [0, 0.05) is 28.5 Å². The molecule has 38 heavy (non-hydrogen) atoms. The zero-order valence-corrected chi connectivity index (χ0v) is 24.2. The molecule has 7 rings (SSSR count). The molecule has 4 heterocycles. The molecule has 2 aromatic heterocycles. The van der Waals surface area contributed by atoms with Crippen LogP contribution in [0.5, 0.6) is 11.5 Å². The van der Waals surface area contributed by atoms with Crippen LogP contribution in [0.15, 0.2) is 59.7 Å². The Morgan fingerprint density at radius 3 is 2.63 bits per heavy atom. The Balaban J connectivity index is 0.00000264. The molecule has 6 heteroatoms. The van der Waals surface area contributed by atoms with E-state index in [0.717, 1.165) is 33.4 Å². The average molecular weight is 681 g/mol. The van der Waals surface area contributed by atoms with Crippen molar-refractivity contribution in [2.45, 2.75) is 46.1 Å². The summed E-state index contributed by atoms with van der Waals surface area (Å²) in [5, 5.41) is 2.35. The van der Waals surface area contributed by atoms with Crippen LogP contribution in [0.25, 0.3) is 27.6 Å². The minimum Gasteiger partial charge on any atom is -0.518 e. The third kappa shape index (κ3) is 3.63. The van der Waals surface area contributed by atoms with Gasteiger partial charge in [-0.25, -0.2) is 4.98 Å². The third-order valence-corrected chi connectivity index (χ3v) is 7.55. The summed E-state index contributed by atoms with van der Waals surface area (Å²) in [7, 11) is 0. The molecule has 0 unspecified atom stereocenters. The van der Waals surface area contributed by atoms with Crippen LogP contribution < -0.4 is 4.74 Å². The summed E-state index contributed by atoms with van der Waals surface area (Å²) in [6.45, 7) is 11.3. The van der Waals surface area contributed by atoms with Gasteiger partial charge in [-0.15, -0.1) is 28.8 Å². The van der Waals surface area contributed by atoms with Gasteiger partial charge in [-0.3, -0.25) is 4.99 Å². The number of hydrogen-bond donors (Lipinski definition) is 0. The molecule has 2 aliphatic rings. The van der Waals surface area contributed by atoms with E-state index in [4.69, 9.17) is 14.5 Å². The molecule has 0 N–H and O–H groups in total. The first-order chi connectivity index (χ1) is 17.8. The van der Waals surface area contributed by atoms with E-state index in [1.165, 1.54) is 22.0 Å². The molecular weight excluding hydrogens is 653 g/mol. The van der Waals surface area contributed by atoms with Crippen molar-refractivity contribution in [1.82, 2.24) is 9.55 Å². The fourth-order valence-electron chi connectivity index (χ4n) is 5.73. The molecule has 1 atom stereocenters. The number of ether oxygens (including phenoxy) is 2. The fraction of sp³-hybridized carbons (Fsp3) is 0.250. The number of nitrogens with zero attached hydrogens (tertiary/aromatic N) is 3. The first-order valence-corrected chi connectivity index (χ1v) is 12.7. The molecule has 0 spiro atoms. The van der Waals surface area contributed by atoms with E-state index < -0.39 is 0 Å². The standard InChI is InChI=1S/C32H27N3O2.Pt/c1-18-12-21(31-34-20(3)17-36-31)15-22(13-18)37-28-16-27-26(14-19(28)2)32(4,5)25-10-6-8-23-24-9-7-11-33-30(24)35(27)29(23)25;/h6-14,20H,17H2,1-5H3;/q-2;+2/t20-;/m1./s1. The van der Waals surface area contributed by atoms with Gasteiger partial charge in [0.15, 0.2) is 0 Å². The van der Waals surface area contributed by atoms with Crippen LogP contribution in [-0.4, -0.2) is 28.1 Å². The summed E-state index contributed by atoms with van der Waals surface area (Å²) in [5.41, 5.74) is 8.29. The number of pyridine rings is 1. The molecule has 0 aliphatic carbocycles. The molecule has 3 aromatic carbocycles. The van der Waals surface area contributed by atoms with Crippen molar-refractivity contribution >= 4 is 27.8 Å². The molecule has 0 radical (unpaired) electrons. The Hall–Kier alpha value is -3.43. The van der Waals surface area contributed by atoms with Crippen molar-refractivity contribution in [3.05, 3.63) is 94.7 Å². The van der Waals surface area contributed by atoms with Gasteiger partial charge in [0.1, 0.15) is 11.5 Å². The van der Waals surface area contributed by atoms with Gasteiger partial charge >= 0.3 is 21.1 Å². The monoisotopic (exact) mass is 680 g/mol. The number of fused-ring (bicyclic) bond motifs is 5. The molecule has 0 saturated carbocycles. The minimum atomic E-state index is -0.198. The molecule has 0 fully saturated rings. The normalized spacial score (nSPS) is 17.1. The number of para-hydroxylation sites is 1. The van der Waals surface area contributed by atoms with E-state index in [1.54, 1.807) is 0 Å². The number of aliphatic imine (C=N–C) groups is 1. The summed E-state index contributed by atoms with van der Waals surface area (Å²) < 4.78 is 14.5. The molecule has 0 amide bonds. The van der Waals surface area contributed by atoms with E-state index >= 15 is 0 Å². The van der Waals surface area contributed by atoms with Crippen molar-refractivity contribution in [1.29, 1.82) is 0 Å². The molecule has 0 saturated heterocycles. The Morgan fingerprint density at radius 1 is 1.03 bits per heavy atom. The number of aromatic nitrogens is 2. The molecule has 192 valence electrons. The first-order valence-electron chi connectivity index (χ1n) is 12.7. The average Bonchev–Trinajstić information content (AvgIpc) is 3.45. The quantitative estimate of drug-likeness (QED) is 0.193. The Kier molecular flexibility index (Phi) is 5.77. The molecule has 5 nitrogen and oxygen atoms in total. The van der Waals surface area contributed by atoms with Crippen LogP contribution in [0.3, 0.4) is 0 Å². The number of aryl methyl sites for hydroxylation is 2. The summed E-state index contributed by atoms with van der Waals surface area (Å²) in [6.07, 6.45) is 1.85. The molecule has 0 bridgehead atoms. The largest absolute Gasteiger partial charge is 2.00 e. The van der Waals surface area contributed by atoms with Crippen LogP contribution in [0.2, 0.25) is 0 Å². The van der Waals surface area contributed by atoms with Crippen molar-refractivity contribution in [2.24, 2.45) is 4.99 Å². The SMILES string of the molecule is Cc1cc(Oc2[c-]c3c(cc2C)C(C)(C)c2cccc4c5cccnc5n-3c24)[c-]c(C2=N[C@H](C)CO2)c1.[Pt+2]. The summed E-state index contributed by atoms with van der Waals surface area (Å²) >= 11 is 0. The zero-order chi connectivity index (χ0) is 25.5. The van der Waals surface area contributed by atoms with Crippen LogP contribution in [-0.2, 0) is 31.2 Å². The van der Waals surface area contributed by atoms with Crippen molar-refractivity contribution in [3.8, 4) is 17.2 Å². The van der Waals surface area contributed by atoms with Gasteiger partial charge < -0.3 is 14.0 Å². The van der Waals surface area contributed by atoms with E-state index in [2.05, 4.69) is 72.8 Å². The van der Waals surface area contributed by atoms with Gasteiger partial charge in [-0.2, -0.15) is 6.07 Å². The second-order valence-corrected chi connectivity index (χ2v) is 10.7. The predicted octanol–water partition coefficient (Wildman–Crippen LogP) is 6.99. The molecule has 2 aliphatic heterocycles. The van der Waals surface area contributed by atoms with E-state index in [0.29, 0.717) is 24.0 Å². The third-order valence-electron chi connectivity index (χ3n) is 7.55. The molecular formula is C32H27N3O2Pt. The summed E-state index contributed by atoms with van der Waals surface area (Å²) in [4.78, 5) is 9.38. The smallest absolute Gasteiger partial charge is 0.518 e. The van der Waals surface area contributed by atoms with Crippen molar-refractivity contribution < 1.29 is 30.5 Å². The van der Waals surface area contributed by atoms with Gasteiger partial charge in [0.25, 0.3) is 0 Å². The van der Waals surface area contributed by atoms with Crippen LogP contribution in [0, 0.1) is 26.0 Å². The second-order valence-electron chi connectivity index (χ2n) is 10.7. The zero-order valence-electron chi connectivity index (χ0n) is 22.0. The van der Waals surface area contributed by atoms with Gasteiger partial charge in [0.2, 0.25) is 0 Å². The minimum absolute atomic E-state index is 0. The first kappa shape index (κ1) is 24.9. The van der Waals surface area contributed by atoms with Gasteiger partial charge in [0.05, 0.1) is 18.2 Å². The van der Waals surface area contributed by atoms with Gasteiger partial charge in [-0.05, 0) is 30.0 Å². The number of rotatable bonds is 3. The number of benzene rings is 3. The fourth-order valence-corrected chi connectivity index (χ4v) is 5.73. The summed E-state index contributed by atoms with van der Waals surface area (Å²) in [5.74, 6) is 1.92. The Morgan fingerprint density at radius 2 is 1.84 bits per heavy atom. The Bertz CT molecular complexity index is 1780. The second kappa shape index (κ2) is 8.81. The predicted molar refractivity (Wildman–Crippen MR) is 146 cm³/mol. The maximum absolute atomic E-state index is 6.47. The Labute approximate surface area is 236 Å². The summed E-state index contributed by atoms with van der Waals surface area (Å²) in [6, 6.07) is 24.1. The van der Waals surface area contributed by atoms with Crippen molar-refractivity contribution in [3.63, 3.8) is 0 Å². The van der Waals surface area contributed by atoms with Gasteiger partial charge in [-0.1, -0.05) is 69.3 Å². The van der Waals surface area contributed by atoms with Crippen LogP contribution >= 0.6 is 0 Å². The van der Waals surface area contributed by atoms with E-state index in [9.17, 15) is 0 Å². The van der Waals surface area contributed by atoms with Crippen LogP contribution in [0.1, 0.15) is 48.6 Å². The number of hydrogen-bond acceptors (Lipinski definition) is 4. The van der Waals surface area contributed by atoms with Crippen LogP contribution in [0.4, 0.5) is 0 Å². The van der Waals surface area contributed by atoms with E-state index in [1.807, 2.05) is 38.2 Å². The van der Waals surface area contributed by atoms with Crippen molar-refractivity contribution in [2.75, 3.05) is 6.61 Å². The van der Waals surface area contributed by atoms with E-state index in [-0.39, 0.29) is 32.5 Å². The topological polar surface area (TPSA) is 48.6 Å². The molecule has 5 aromatic rings. The maximum Gasteiger partial charge on any atom is 2.00 e. The maximum atomic E-state index is 6.47.